The number of carbonyl (C=O) groups is 1. The first-order valence-corrected chi connectivity index (χ1v) is 7.33. The molecule has 0 spiro atoms. The molecule has 1 aliphatic rings. The summed E-state index contributed by atoms with van der Waals surface area (Å²) in [4.78, 5) is 11.6. The van der Waals surface area contributed by atoms with Crippen LogP contribution in [0.3, 0.4) is 0 Å². The van der Waals surface area contributed by atoms with Gasteiger partial charge in [0.1, 0.15) is 5.78 Å². The molecular weight excluding hydrogens is 247 g/mol. The lowest BCUT2D eigenvalue weighted by Gasteiger charge is -2.29. The highest BCUT2D eigenvalue weighted by atomic mass is 31.2. The van der Waals surface area contributed by atoms with Crippen LogP contribution in [-0.4, -0.2) is 43.2 Å². The van der Waals surface area contributed by atoms with E-state index in [0.29, 0.717) is 6.61 Å². The van der Waals surface area contributed by atoms with E-state index in [2.05, 4.69) is 0 Å². The molecule has 6 nitrogen and oxygen atoms in total. The molecule has 0 aromatic heterocycles. The van der Waals surface area contributed by atoms with Crippen molar-refractivity contribution in [1.82, 2.24) is 0 Å². The second-order valence-corrected chi connectivity index (χ2v) is 5.81. The smallest absolute Gasteiger partial charge is 0.359 e. The third-order valence-electron chi connectivity index (χ3n) is 2.51. The van der Waals surface area contributed by atoms with Crippen LogP contribution in [0.4, 0.5) is 0 Å². The van der Waals surface area contributed by atoms with Crippen LogP contribution in [0.1, 0.15) is 20.3 Å². The first kappa shape index (κ1) is 14.8. The highest BCUT2D eigenvalue weighted by Gasteiger charge is 2.43. The molecule has 1 unspecified atom stereocenters. The number of carbonyl (C=O) groups excluding carboxylic acids is 1. The number of ketones is 1. The van der Waals surface area contributed by atoms with Crippen molar-refractivity contribution < 1.29 is 28.3 Å². The third kappa shape index (κ3) is 3.60. The fourth-order valence-electron chi connectivity index (χ4n) is 1.68. The molecule has 2 atom stereocenters. The summed E-state index contributed by atoms with van der Waals surface area (Å²) in [5, 5.41) is 10.0. The molecule has 17 heavy (non-hydrogen) atoms. The van der Waals surface area contributed by atoms with Gasteiger partial charge in [-0.3, -0.25) is 9.36 Å². The number of rotatable bonds is 6. The lowest BCUT2D eigenvalue weighted by Crippen LogP contribution is -2.37. The molecule has 1 aliphatic heterocycles. The number of hydrogen-bond donors (Lipinski definition) is 1. The van der Waals surface area contributed by atoms with Crippen LogP contribution in [0.25, 0.3) is 0 Å². The van der Waals surface area contributed by atoms with Crippen molar-refractivity contribution in [3.05, 3.63) is 0 Å². The maximum absolute atomic E-state index is 12.3. The van der Waals surface area contributed by atoms with Gasteiger partial charge in [-0.2, -0.15) is 0 Å². The summed E-state index contributed by atoms with van der Waals surface area (Å²) in [6, 6.07) is 0. The van der Waals surface area contributed by atoms with Crippen molar-refractivity contribution in [1.29, 1.82) is 0 Å². The van der Waals surface area contributed by atoms with Crippen molar-refractivity contribution >= 4 is 13.4 Å². The van der Waals surface area contributed by atoms with Crippen LogP contribution in [0.15, 0.2) is 0 Å². The molecule has 1 fully saturated rings. The molecule has 0 saturated carbocycles. The molecule has 1 saturated heterocycles. The van der Waals surface area contributed by atoms with Crippen molar-refractivity contribution in [3.8, 4) is 0 Å². The molecule has 0 amide bonds. The van der Waals surface area contributed by atoms with Gasteiger partial charge >= 0.3 is 7.60 Å². The fourth-order valence-corrected chi connectivity index (χ4v) is 3.48. The van der Waals surface area contributed by atoms with Gasteiger partial charge < -0.3 is 18.9 Å². The number of ether oxygens (including phenoxy) is 1. The van der Waals surface area contributed by atoms with Crippen LogP contribution in [0, 0.1) is 5.92 Å². The Morgan fingerprint density at radius 3 is 2.53 bits per heavy atom. The van der Waals surface area contributed by atoms with Crippen LogP contribution < -0.4 is 0 Å². The standard InChI is InChI=1S/C10H19O6P/c1-3-15-17(13,16-4-2)10(12)8-7-14-6-5-9(8)11/h8,10,12H,3-7H2,1-2H3/t8?,10-/m0/s1. The molecule has 0 aromatic carbocycles. The summed E-state index contributed by atoms with van der Waals surface area (Å²) in [5.74, 6) is -2.44. The van der Waals surface area contributed by atoms with E-state index in [1.54, 1.807) is 13.8 Å². The van der Waals surface area contributed by atoms with Gasteiger partial charge in [0.2, 0.25) is 0 Å². The lowest BCUT2D eigenvalue weighted by molar-refractivity contribution is -0.134. The van der Waals surface area contributed by atoms with E-state index >= 15 is 0 Å². The van der Waals surface area contributed by atoms with Crippen molar-refractivity contribution in [3.63, 3.8) is 0 Å². The molecule has 0 aromatic rings. The second-order valence-electron chi connectivity index (χ2n) is 3.69. The van der Waals surface area contributed by atoms with Crippen molar-refractivity contribution in [2.45, 2.75) is 26.1 Å². The molecule has 1 rings (SSSR count). The summed E-state index contributed by atoms with van der Waals surface area (Å²) in [7, 11) is -3.66. The van der Waals surface area contributed by atoms with Crippen molar-refractivity contribution in [2.75, 3.05) is 26.4 Å². The molecular formula is C10H19O6P. The number of Topliss-reactive ketones (excluding diaryl/α,β-unsaturated/α-hetero) is 1. The average molecular weight is 266 g/mol. The van der Waals surface area contributed by atoms with E-state index < -0.39 is 19.4 Å². The number of aliphatic hydroxyl groups is 1. The average Bonchev–Trinajstić information content (AvgIpc) is 2.29. The SMILES string of the molecule is CCOP(=O)(OCC)[C@H](O)C1COCCC1=O. The zero-order valence-electron chi connectivity index (χ0n) is 10.1. The molecule has 0 bridgehead atoms. The van der Waals surface area contributed by atoms with E-state index in [0.717, 1.165) is 0 Å². The summed E-state index contributed by atoms with van der Waals surface area (Å²) in [5.41, 5.74) is 0. The Labute approximate surface area is 101 Å². The van der Waals surface area contributed by atoms with Gasteiger partial charge in [0, 0.05) is 6.42 Å². The van der Waals surface area contributed by atoms with Gasteiger partial charge in [-0.15, -0.1) is 0 Å². The minimum absolute atomic E-state index is 0.0597. The Balaban J connectivity index is 2.79. The largest absolute Gasteiger partial charge is 0.380 e. The third-order valence-corrected chi connectivity index (χ3v) is 4.75. The van der Waals surface area contributed by atoms with E-state index in [9.17, 15) is 14.5 Å². The Bertz CT molecular complexity index is 295. The highest BCUT2D eigenvalue weighted by Crippen LogP contribution is 2.54. The first-order valence-electron chi connectivity index (χ1n) is 5.72. The Morgan fingerprint density at radius 2 is 2.06 bits per heavy atom. The minimum Gasteiger partial charge on any atom is -0.380 e. The zero-order chi connectivity index (χ0) is 12.9. The molecule has 0 aliphatic carbocycles. The number of hydrogen-bond acceptors (Lipinski definition) is 6. The molecule has 100 valence electrons. The minimum atomic E-state index is -3.66. The summed E-state index contributed by atoms with van der Waals surface area (Å²) in [6.07, 6.45) is 0.222. The summed E-state index contributed by atoms with van der Waals surface area (Å²) >= 11 is 0. The van der Waals surface area contributed by atoms with Crippen LogP contribution in [0.5, 0.6) is 0 Å². The summed E-state index contributed by atoms with van der Waals surface area (Å²) < 4.78 is 27.4. The normalized spacial score (nSPS) is 23.7. The number of aliphatic hydroxyl groups excluding tert-OH is 1. The Hall–Kier alpha value is -0.260. The van der Waals surface area contributed by atoms with E-state index in [4.69, 9.17) is 13.8 Å². The van der Waals surface area contributed by atoms with Gasteiger partial charge in [-0.05, 0) is 13.8 Å². The van der Waals surface area contributed by atoms with Gasteiger partial charge in [0.15, 0.2) is 5.85 Å². The zero-order valence-corrected chi connectivity index (χ0v) is 11.0. The molecule has 1 heterocycles. The van der Waals surface area contributed by atoms with Gasteiger partial charge in [0.05, 0.1) is 32.3 Å². The maximum atomic E-state index is 12.3. The van der Waals surface area contributed by atoms with Crippen molar-refractivity contribution in [2.24, 2.45) is 5.92 Å². The quantitative estimate of drug-likeness (QED) is 0.727. The van der Waals surface area contributed by atoms with E-state index in [1.807, 2.05) is 0 Å². The van der Waals surface area contributed by atoms with Gasteiger partial charge in [-0.25, -0.2) is 0 Å². The molecule has 1 N–H and O–H groups in total. The topological polar surface area (TPSA) is 82.1 Å². The second kappa shape index (κ2) is 6.61. The van der Waals surface area contributed by atoms with Crippen LogP contribution in [-0.2, 0) is 23.1 Å². The maximum Gasteiger partial charge on any atom is 0.359 e. The van der Waals surface area contributed by atoms with E-state index in [-0.39, 0.29) is 32.0 Å². The Morgan fingerprint density at radius 1 is 1.47 bits per heavy atom. The lowest BCUT2D eigenvalue weighted by atomic mass is 10.0. The van der Waals surface area contributed by atoms with E-state index in [1.165, 1.54) is 0 Å². The fraction of sp³-hybridized carbons (Fsp3) is 0.900. The van der Waals surface area contributed by atoms with Crippen LogP contribution >= 0.6 is 7.60 Å². The predicted molar refractivity (Wildman–Crippen MR) is 60.8 cm³/mol. The predicted octanol–water partition coefficient (Wildman–Crippen LogP) is 1.18. The molecule has 7 heteroatoms. The summed E-state index contributed by atoms with van der Waals surface area (Å²) in [6.45, 7) is 4.00. The Kier molecular flexibility index (Phi) is 5.76. The highest BCUT2D eigenvalue weighted by molar-refractivity contribution is 7.54. The first-order chi connectivity index (χ1) is 8.05. The van der Waals surface area contributed by atoms with Gasteiger partial charge in [-0.1, -0.05) is 0 Å². The monoisotopic (exact) mass is 266 g/mol. The van der Waals surface area contributed by atoms with Gasteiger partial charge in [0.25, 0.3) is 0 Å². The molecule has 0 radical (unpaired) electrons. The van der Waals surface area contributed by atoms with Crippen LogP contribution in [0.2, 0.25) is 0 Å².